The zero-order valence-electron chi connectivity index (χ0n) is 12.2. The van der Waals surface area contributed by atoms with Crippen molar-refractivity contribution in [1.29, 1.82) is 0 Å². The van der Waals surface area contributed by atoms with Gasteiger partial charge in [-0.1, -0.05) is 0 Å². The molecular weight excluding hydrogens is 345 g/mol. The number of hydrogen-bond donors (Lipinski definition) is 1. The zero-order chi connectivity index (χ0) is 16.8. The van der Waals surface area contributed by atoms with E-state index >= 15 is 0 Å². The van der Waals surface area contributed by atoms with Crippen LogP contribution in [-0.4, -0.2) is 35.2 Å². The highest BCUT2D eigenvalue weighted by atomic mass is 35.5. The average molecular weight is 358 g/mol. The van der Waals surface area contributed by atoms with Crippen molar-refractivity contribution in [3.8, 4) is 5.75 Å². The van der Waals surface area contributed by atoms with Crippen LogP contribution in [0.4, 0.5) is 5.69 Å². The van der Waals surface area contributed by atoms with E-state index in [2.05, 4.69) is 5.32 Å². The first-order valence-corrected chi connectivity index (χ1v) is 7.63. The normalized spacial score (nSPS) is 24.0. The Morgan fingerprint density at radius 2 is 2.09 bits per heavy atom. The number of alkyl halides is 2. The minimum Gasteiger partial charge on any atom is -0.482 e. The number of anilines is 1. The van der Waals surface area contributed by atoms with Gasteiger partial charge >= 0.3 is 5.97 Å². The van der Waals surface area contributed by atoms with Crippen molar-refractivity contribution in [2.45, 2.75) is 17.7 Å². The lowest BCUT2D eigenvalue weighted by molar-refractivity contribution is -0.148. The van der Waals surface area contributed by atoms with E-state index in [1.165, 1.54) is 6.07 Å². The number of halogens is 2. The molecule has 6 nitrogen and oxygen atoms in total. The molecule has 3 rings (SSSR count). The summed E-state index contributed by atoms with van der Waals surface area (Å²) in [5.74, 6) is -0.820. The van der Waals surface area contributed by atoms with Crippen molar-refractivity contribution in [3.63, 3.8) is 0 Å². The number of hydrogen-bond acceptors (Lipinski definition) is 5. The summed E-state index contributed by atoms with van der Waals surface area (Å²) >= 11 is 11.8. The van der Waals surface area contributed by atoms with E-state index in [4.69, 9.17) is 32.7 Å². The molecule has 0 bridgehead atoms. The highest BCUT2D eigenvalue weighted by Gasteiger charge is 2.69. The summed E-state index contributed by atoms with van der Waals surface area (Å²) in [5, 5.41) is 2.61. The van der Waals surface area contributed by atoms with Crippen LogP contribution < -0.4 is 10.1 Å². The molecule has 0 aromatic heterocycles. The molecule has 1 fully saturated rings. The van der Waals surface area contributed by atoms with Gasteiger partial charge in [-0.3, -0.25) is 14.4 Å². The average Bonchev–Trinajstić information content (AvgIpc) is 3.03. The van der Waals surface area contributed by atoms with E-state index in [-0.39, 0.29) is 12.5 Å². The van der Waals surface area contributed by atoms with Crippen LogP contribution >= 0.6 is 23.2 Å². The number of amides is 1. The number of fused-ring (bicyclic) bond motifs is 1. The molecule has 122 valence electrons. The Labute approximate surface area is 142 Å². The Hall–Kier alpha value is -1.79. The van der Waals surface area contributed by atoms with Gasteiger partial charge in [0.25, 0.3) is 5.91 Å². The predicted octanol–water partition coefficient (Wildman–Crippen LogP) is 2.33. The lowest BCUT2D eigenvalue weighted by atomic mass is 10.1. The second kappa shape index (κ2) is 5.39. The van der Waals surface area contributed by atoms with Crippen LogP contribution in [0.1, 0.15) is 23.7 Å². The third-order valence-corrected chi connectivity index (χ3v) is 5.08. The maximum atomic E-state index is 12.1. The minimum atomic E-state index is -1.14. The summed E-state index contributed by atoms with van der Waals surface area (Å²) in [7, 11) is 0. The van der Waals surface area contributed by atoms with Gasteiger partial charge in [-0.15, -0.1) is 23.2 Å². The van der Waals surface area contributed by atoms with Gasteiger partial charge in [0.15, 0.2) is 19.0 Å². The monoisotopic (exact) mass is 357 g/mol. The van der Waals surface area contributed by atoms with Crippen molar-refractivity contribution in [2.75, 3.05) is 18.5 Å². The van der Waals surface area contributed by atoms with E-state index < -0.39 is 28.1 Å². The Kier molecular flexibility index (Phi) is 3.77. The first kappa shape index (κ1) is 16.1. The molecule has 0 spiro atoms. The summed E-state index contributed by atoms with van der Waals surface area (Å²) in [6, 6.07) is 4.60. The number of carbonyl (C=O) groups excluding carboxylic acids is 3. The molecule has 1 aliphatic heterocycles. The van der Waals surface area contributed by atoms with Gasteiger partial charge in [0, 0.05) is 12.0 Å². The number of rotatable bonds is 4. The predicted molar refractivity (Wildman–Crippen MR) is 83.0 cm³/mol. The van der Waals surface area contributed by atoms with Gasteiger partial charge < -0.3 is 14.8 Å². The molecule has 0 unspecified atom stereocenters. The molecular formula is C15H13Cl2NO5. The molecule has 8 heteroatoms. The van der Waals surface area contributed by atoms with Crippen LogP contribution in [0.15, 0.2) is 18.2 Å². The van der Waals surface area contributed by atoms with E-state index in [0.717, 1.165) is 0 Å². The lowest BCUT2D eigenvalue weighted by Gasteiger charge is -2.18. The summed E-state index contributed by atoms with van der Waals surface area (Å²) in [6.45, 7) is 1.10. The molecule has 23 heavy (non-hydrogen) atoms. The number of carbonyl (C=O) groups is 3. The van der Waals surface area contributed by atoms with E-state index in [0.29, 0.717) is 23.4 Å². The van der Waals surface area contributed by atoms with E-state index in [1.807, 2.05) is 0 Å². The molecule has 1 saturated carbocycles. The Balaban J connectivity index is 1.64. The van der Waals surface area contributed by atoms with Crippen molar-refractivity contribution >= 4 is 46.5 Å². The fourth-order valence-corrected chi connectivity index (χ4v) is 2.94. The number of Topliss-reactive ketones (excluding diaryl/α,β-unsaturated/α-hetero) is 1. The van der Waals surface area contributed by atoms with Gasteiger partial charge in [-0.2, -0.15) is 0 Å². The van der Waals surface area contributed by atoms with Crippen LogP contribution in [0.5, 0.6) is 5.75 Å². The summed E-state index contributed by atoms with van der Waals surface area (Å²) < 4.78 is 9.08. The summed E-state index contributed by atoms with van der Waals surface area (Å²) in [4.78, 5) is 35.3. The second-order valence-corrected chi connectivity index (χ2v) is 7.24. The fraction of sp³-hybridized carbons (Fsp3) is 0.400. The standard InChI is InChI=1S/C15H13Cl2NO5/c1-14(7-15(14,16)17)13(21)23-5-10(19)8-2-3-11-9(4-8)18-12(20)6-22-11/h2-4H,5-7H2,1H3,(H,18,20)/t14-/m1/s1. The third kappa shape index (κ3) is 2.88. The topological polar surface area (TPSA) is 81.7 Å². The van der Waals surface area contributed by atoms with Crippen LogP contribution in [0.3, 0.4) is 0 Å². The largest absolute Gasteiger partial charge is 0.482 e. The smallest absolute Gasteiger partial charge is 0.315 e. The fourth-order valence-electron chi connectivity index (χ4n) is 2.25. The Morgan fingerprint density at radius 3 is 2.74 bits per heavy atom. The van der Waals surface area contributed by atoms with E-state index in [9.17, 15) is 14.4 Å². The number of benzene rings is 1. The second-order valence-electron chi connectivity index (χ2n) is 5.76. The molecule has 0 radical (unpaired) electrons. The Bertz CT molecular complexity index is 718. The number of esters is 1. The van der Waals surface area contributed by atoms with Crippen LogP contribution in [0.25, 0.3) is 0 Å². The molecule has 2 aliphatic rings. The molecule has 1 atom stereocenters. The third-order valence-electron chi connectivity index (χ3n) is 3.98. The van der Waals surface area contributed by atoms with Crippen LogP contribution in [0.2, 0.25) is 0 Å². The number of nitrogens with one attached hydrogen (secondary N) is 1. The quantitative estimate of drug-likeness (QED) is 0.508. The summed E-state index contributed by atoms with van der Waals surface area (Å²) in [5.41, 5.74) is -0.270. The number of ketones is 1. The van der Waals surface area contributed by atoms with Crippen molar-refractivity contribution in [2.24, 2.45) is 5.41 Å². The minimum absolute atomic E-state index is 0.0604. The van der Waals surface area contributed by atoms with Gasteiger partial charge in [-0.05, 0) is 25.1 Å². The molecule has 1 aromatic rings. The molecule has 1 aliphatic carbocycles. The highest BCUT2D eigenvalue weighted by molar-refractivity contribution is 6.53. The first-order chi connectivity index (χ1) is 10.7. The van der Waals surface area contributed by atoms with Crippen molar-refractivity contribution in [1.82, 2.24) is 0 Å². The SMILES string of the molecule is C[C@]1(C(=O)OCC(=O)c2ccc3c(c2)NC(=O)CO3)CC1(Cl)Cl. The zero-order valence-corrected chi connectivity index (χ0v) is 13.7. The lowest BCUT2D eigenvalue weighted by Crippen LogP contribution is -2.26. The Morgan fingerprint density at radius 1 is 1.39 bits per heavy atom. The van der Waals surface area contributed by atoms with Crippen LogP contribution in [-0.2, 0) is 14.3 Å². The molecule has 1 aromatic carbocycles. The molecule has 1 amide bonds. The van der Waals surface area contributed by atoms with Gasteiger partial charge in [-0.25, -0.2) is 0 Å². The van der Waals surface area contributed by atoms with Gasteiger partial charge in [0.05, 0.1) is 5.69 Å². The molecule has 1 heterocycles. The molecule has 1 N–H and O–H groups in total. The van der Waals surface area contributed by atoms with Crippen LogP contribution in [0, 0.1) is 5.41 Å². The maximum absolute atomic E-state index is 12.1. The van der Waals surface area contributed by atoms with E-state index in [1.54, 1.807) is 19.1 Å². The number of ether oxygens (including phenoxy) is 2. The maximum Gasteiger partial charge on any atom is 0.315 e. The van der Waals surface area contributed by atoms with Gasteiger partial charge in [0.1, 0.15) is 15.5 Å². The first-order valence-electron chi connectivity index (χ1n) is 6.88. The summed E-state index contributed by atoms with van der Waals surface area (Å²) in [6.07, 6.45) is 0.290. The molecule has 0 saturated heterocycles. The highest BCUT2D eigenvalue weighted by Crippen LogP contribution is 2.64. The van der Waals surface area contributed by atoms with Crippen molar-refractivity contribution < 1.29 is 23.9 Å². The van der Waals surface area contributed by atoms with Crippen molar-refractivity contribution in [3.05, 3.63) is 23.8 Å². The van der Waals surface area contributed by atoms with Gasteiger partial charge in [0.2, 0.25) is 0 Å².